The van der Waals surface area contributed by atoms with Crippen molar-refractivity contribution in [3.05, 3.63) is 41.9 Å². The van der Waals surface area contributed by atoms with Crippen LogP contribution in [-0.2, 0) is 12.8 Å². The molecule has 5 rings (SSSR count). The van der Waals surface area contributed by atoms with E-state index in [-0.39, 0.29) is 0 Å². The van der Waals surface area contributed by atoms with Gasteiger partial charge in [-0.15, -0.1) is 0 Å². The average molecular weight is 390 g/mol. The molecular weight excluding hydrogens is 364 g/mol. The van der Waals surface area contributed by atoms with E-state index in [4.69, 9.17) is 15.8 Å². The minimum Gasteiger partial charge on any atom is -0.383 e. The number of aryl methyl sites for hydroxylation is 2. The summed E-state index contributed by atoms with van der Waals surface area (Å²) < 4.78 is 2.22. The van der Waals surface area contributed by atoms with Crippen molar-refractivity contribution >= 4 is 17.5 Å². The molecule has 8 heteroatoms. The number of fused-ring (bicyclic) bond motifs is 3. The number of hydrogen-bond acceptors (Lipinski definition) is 7. The molecule has 150 valence electrons. The van der Waals surface area contributed by atoms with Crippen LogP contribution in [0, 0.1) is 0 Å². The summed E-state index contributed by atoms with van der Waals surface area (Å²) in [4.78, 5) is 13.8. The Morgan fingerprint density at radius 1 is 1.03 bits per heavy atom. The van der Waals surface area contributed by atoms with Crippen molar-refractivity contribution in [2.45, 2.75) is 44.6 Å². The third kappa shape index (κ3) is 3.55. The van der Waals surface area contributed by atoms with Crippen LogP contribution in [0.4, 0.5) is 17.5 Å². The fraction of sp³-hybridized carbons (Fsp3) is 0.429. The van der Waals surface area contributed by atoms with Gasteiger partial charge in [-0.1, -0.05) is 12.8 Å². The minimum atomic E-state index is 0.492. The van der Waals surface area contributed by atoms with Crippen LogP contribution < -0.4 is 16.4 Å². The maximum Gasteiger partial charge on any atom is 0.228 e. The smallest absolute Gasteiger partial charge is 0.228 e. The number of aromatic nitrogens is 5. The van der Waals surface area contributed by atoms with E-state index in [9.17, 15) is 0 Å². The predicted molar refractivity (Wildman–Crippen MR) is 113 cm³/mol. The summed E-state index contributed by atoms with van der Waals surface area (Å²) in [6, 6.07) is 4.37. The van der Waals surface area contributed by atoms with Crippen molar-refractivity contribution in [3.63, 3.8) is 0 Å². The van der Waals surface area contributed by atoms with Crippen LogP contribution in [0.25, 0.3) is 11.4 Å². The Bertz CT molecular complexity index is 988. The van der Waals surface area contributed by atoms with Gasteiger partial charge in [0.05, 0.1) is 35.5 Å². The van der Waals surface area contributed by atoms with Crippen LogP contribution in [-0.4, -0.2) is 37.8 Å². The second kappa shape index (κ2) is 7.79. The highest BCUT2D eigenvalue weighted by molar-refractivity contribution is 5.67. The Morgan fingerprint density at radius 3 is 2.69 bits per heavy atom. The first-order valence-electron chi connectivity index (χ1n) is 10.4. The maximum atomic E-state index is 5.52. The number of pyridine rings is 1. The summed E-state index contributed by atoms with van der Waals surface area (Å²) >= 11 is 0. The van der Waals surface area contributed by atoms with E-state index in [0.717, 1.165) is 30.8 Å². The molecule has 0 saturated heterocycles. The van der Waals surface area contributed by atoms with Crippen molar-refractivity contribution < 1.29 is 0 Å². The fourth-order valence-corrected chi connectivity index (χ4v) is 4.29. The second-order valence-electron chi connectivity index (χ2n) is 7.74. The highest BCUT2D eigenvalue weighted by atomic mass is 15.3. The van der Waals surface area contributed by atoms with E-state index in [0.29, 0.717) is 24.4 Å². The summed E-state index contributed by atoms with van der Waals surface area (Å²) in [6.45, 7) is 1.31. The number of rotatable bonds is 6. The number of nitrogens with zero attached hydrogens (tertiary/aromatic N) is 5. The molecule has 1 fully saturated rings. The average Bonchev–Trinajstić information content (AvgIpc) is 3.43. The van der Waals surface area contributed by atoms with Gasteiger partial charge < -0.3 is 16.4 Å². The highest BCUT2D eigenvalue weighted by Gasteiger charge is 2.28. The molecule has 0 aromatic carbocycles. The lowest BCUT2D eigenvalue weighted by atomic mass is 9.95. The van der Waals surface area contributed by atoms with Gasteiger partial charge in [0.15, 0.2) is 0 Å². The molecular formula is C21H26N8. The maximum absolute atomic E-state index is 5.52. The first-order chi connectivity index (χ1) is 14.3. The molecule has 2 aliphatic carbocycles. The van der Waals surface area contributed by atoms with Crippen LogP contribution in [0.3, 0.4) is 0 Å². The molecule has 4 N–H and O–H groups in total. The SMILES string of the molecule is NCCNc1ccc(Nc2ncc3c(n2)-c2c(cnn2C2CCCC2)CC3)nc1. The molecule has 1 saturated carbocycles. The lowest BCUT2D eigenvalue weighted by Crippen LogP contribution is -2.14. The molecule has 0 amide bonds. The number of anilines is 3. The number of nitrogens with one attached hydrogen (secondary N) is 2. The predicted octanol–water partition coefficient (Wildman–Crippen LogP) is 3.06. The summed E-state index contributed by atoms with van der Waals surface area (Å²) in [6.07, 6.45) is 12.7. The van der Waals surface area contributed by atoms with Crippen molar-refractivity contribution in [1.29, 1.82) is 0 Å². The Kier molecular flexibility index (Phi) is 4.85. The van der Waals surface area contributed by atoms with Gasteiger partial charge in [0, 0.05) is 24.8 Å². The molecule has 0 aliphatic heterocycles. The van der Waals surface area contributed by atoms with E-state index in [1.54, 1.807) is 6.20 Å². The quantitative estimate of drug-likeness (QED) is 0.594. The van der Waals surface area contributed by atoms with Crippen molar-refractivity contribution in [1.82, 2.24) is 24.7 Å². The van der Waals surface area contributed by atoms with E-state index >= 15 is 0 Å². The zero-order valence-electron chi connectivity index (χ0n) is 16.4. The van der Waals surface area contributed by atoms with Crippen LogP contribution in [0.2, 0.25) is 0 Å². The molecule has 0 unspecified atom stereocenters. The lowest BCUT2D eigenvalue weighted by Gasteiger charge is -2.20. The second-order valence-corrected chi connectivity index (χ2v) is 7.74. The van der Waals surface area contributed by atoms with Crippen molar-refractivity contribution in [3.8, 4) is 11.4 Å². The third-order valence-electron chi connectivity index (χ3n) is 5.77. The van der Waals surface area contributed by atoms with E-state index in [2.05, 4.69) is 25.3 Å². The molecule has 29 heavy (non-hydrogen) atoms. The molecule has 0 radical (unpaired) electrons. The van der Waals surface area contributed by atoms with Gasteiger partial charge in [-0.05, 0) is 43.4 Å². The molecule has 0 bridgehead atoms. The van der Waals surface area contributed by atoms with Crippen LogP contribution >= 0.6 is 0 Å². The topological polar surface area (TPSA) is 107 Å². The standard InChI is InChI=1S/C21H26N8/c22-9-10-23-16-7-8-18(24-13-16)27-21-25-11-14-5-6-15-12-26-29(17-3-1-2-4-17)20(15)19(14)28-21/h7-8,11-13,17,23H,1-6,9-10,22H2,(H,24,25,27,28). The largest absolute Gasteiger partial charge is 0.383 e. The minimum absolute atomic E-state index is 0.492. The molecule has 3 heterocycles. The lowest BCUT2D eigenvalue weighted by molar-refractivity contribution is 0.470. The molecule has 0 spiro atoms. The van der Waals surface area contributed by atoms with Crippen LogP contribution in [0.5, 0.6) is 0 Å². The highest BCUT2D eigenvalue weighted by Crippen LogP contribution is 2.38. The van der Waals surface area contributed by atoms with Crippen molar-refractivity contribution in [2.24, 2.45) is 5.73 Å². The third-order valence-corrected chi connectivity index (χ3v) is 5.77. The Balaban J connectivity index is 1.42. The van der Waals surface area contributed by atoms with E-state index in [1.165, 1.54) is 42.5 Å². The number of hydrogen-bond donors (Lipinski definition) is 3. The summed E-state index contributed by atoms with van der Waals surface area (Å²) in [7, 11) is 0. The van der Waals surface area contributed by atoms with Gasteiger partial charge in [0.25, 0.3) is 0 Å². The summed E-state index contributed by atoms with van der Waals surface area (Å²) in [5, 5.41) is 11.2. The Morgan fingerprint density at radius 2 is 1.90 bits per heavy atom. The molecule has 0 atom stereocenters. The summed E-state index contributed by atoms with van der Waals surface area (Å²) in [5.74, 6) is 1.27. The van der Waals surface area contributed by atoms with Gasteiger partial charge in [-0.2, -0.15) is 5.10 Å². The first kappa shape index (κ1) is 18.1. The Labute approximate surface area is 170 Å². The van der Waals surface area contributed by atoms with Gasteiger partial charge >= 0.3 is 0 Å². The van der Waals surface area contributed by atoms with E-state index < -0.39 is 0 Å². The van der Waals surface area contributed by atoms with Crippen LogP contribution in [0.1, 0.15) is 42.9 Å². The molecule has 3 aromatic heterocycles. The van der Waals surface area contributed by atoms with Gasteiger partial charge in [0.1, 0.15) is 5.82 Å². The summed E-state index contributed by atoms with van der Waals surface area (Å²) in [5.41, 5.74) is 11.1. The Hall–Kier alpha value is -3.00. The van der Waals surface area contributed by atoms with Gasteiger partial charge in [-0.3, -0.25) is 4.68 Å². The van der Waals surface area contributed by atoms with Crippen LogP contribution in [0.15, 0.2) is 30.7 Å². The normalized spacial score (nSPS) is 15.8. The van der Waals surface area contributed by atoms with Gasteiger partial charge in [-0.25, -0.2) is 15.0 Å². The van der Waals surface area contributed by atoms with Crippen molar-refractivity contribution in [2.75, 3.05) is 23.7 Å². The molecule has 2 aliphatic rings. The zero-order valence-corrected chi connectivity index (χ0v) is 16.4. The fourth-order valence-electron chi connectivity index (χ4n) is 4.29. The van der Waals surface area contributed by atoms with E-state index in [1.807, 2.05) is 24.5 Å². The van der Waals surface area contributed by atoms with Gasteiger partial charge in [0.2, 0.25) is 5.95 Å². The first-order valence-corrected chi connectivity index (χ1v) is 10.4. The number of nitrogens with two attached hydrogens (primary N) is 1. The monoisotopic (exact) mass is 390 g/mol. The zero-order chi connectivity index (χ0) is 19.6. The molecule has 3 aromatic rings. The molecule has 8 nitrogen and oxygen atoms in total.